The normalized spacial score (nSPS) is 24.5. The largest absolute Gasteiger partial charge is 0.375 e. The minimum atomic E-state index is -0.310. The van der Waals surface area contributed by atoms with Crippen molar-refractivity contribution in [2.45, 2.75) is 31.5 Å². The zero-order valence-corrected chi connectivity index (χ0v) is 15.2. The lowest BCUT2D eigenvalue weighted by atomic mass is 10.0. The second-order valence-corrected chi connectivity index (χ2v) is 7.67. The number of thiophene rings is 1. The molecule has 0 aliphatic carbocycles. The van der Waals surface area contributed by atoms with Crippen LogP contribution in [0.3, 0.4) is 0 Å². The molecule has 26 heavy (non-hydrogen) atoms. The number of carbonyl (C=O) groups excluding carboxylic acids is 2. The van der Waals surface area contributed by atoms with Crippen molar-refractivity contribution in [3.63, 3.8) is 0 Å². The minimum absolute atomic E-state index is 0.0105. The SMILES string of the molecule is O=C(NCc1cccs1)[C@@H]1CN(C(=O)Cc2ccccn2)[C@H]2CCO[C@@H]12. The van der Waals surface area contributed by atoms with E-state index >= 15 is 0 Å². The summed E-state index contributed by atoms with van der Waals surface area (Å²) in [6, 6.07) is 9.51. The monoisotopic (exact) mass is 371 g/mol. The summed E-state index contributed by atoms with van der Waals surface area (Å²) in [7, 11) is 0. The number of amides is 2. The van der Waals surface area contributed by atoms with Crippen LogP contribution in [0, 0.1) is 5.92 Å². The van der Waals surface area contributed by atoms with E-state index in [0.29, 0.717) is 19.7 Å². The van der Waals surface area contributed by atoms with Gasteiger partial charge in [-0.2, -0.15) is 0 Å². The second-order valence-electron chi connectivity index (χ2n) is 6.64. The zero-order chi connectivity index (χ0) is 17.9. The van der Waals surface area contributed by atoms with E-state index < -0.39 is 0 Å². The van der Waals surface area contributed by atoms with Crippen LogP contribution in [0.2, 0.25) is 0 Å². The lowest BCUT2D eigenvalue weighted by Gasteiger charge is -2.22. The minimum Gasteiger partial charge on any atom is -0.375 e. The zero-order valence-electron chi connectivity index (χ0n) is 14.3. The summed E-state index contributed by atoms with van der Waals surface area (Å²) in [5.41, 5.74) is 0.749. The van der Waals surface area contributed by atoms with Gasteiger partial charge >= 0.3 is 0 Å². The molecule has 2 aliphatic rings. The number of pyridine rings is 1. The Balaban J connectivity index is 1.41. The van der Waals surface area contributed by atoms with Crippen molar-refractivity contribution in [2.24, 2.45) is 5.92 Å². The molecular formula is C19H21N3O3S. The number of aromatic nitrogens is 1. The summed E-state index contributed by atoms with van der Waals surface area (Å²) < 4.78 is 5.81. The molecule has 2 aromatic rings. The van der Waals surface area contributed by atoms with Gasteiger partial charge in [0.1, 0.15) is 0 Å². The molecule has 136 valence electrons. The Bertz CT molecular complexity index is 766. The molecule has 6 nitrogen and oxygen atoms in total. The smallest absolute Gasteiger partial charge is 0.228 e. The fourth-order valence-electron chi connectivity index (χ4n) is 3.77. The van der Waals surface area contributed by atoms with Gasteiger partial charge in [-0.25, -0.2) is 0 Å². The summed E-state index contributed by atoms with van der Waals surface area (Å²) >= 11 is 1.62. The van der Waals surface area contributed by atoms with E-state index in [1.807, 2.05) is 40.6 Å². The van der Waals surface area contributed by atoms with Crippen molar-refractivity contribution in [2.75, 3.05) is 13.2 Å². The van der Waals surface area contributed by atoms with Gasteiger partial charge in [-0.1, -0.05) is 12.1 Å². The first-order valence-electron chi connectivity index (χ1n) is 8.83. The molecule has 4 heterocycles. The topological polar surface area (TPSA) is 71.5 Å². The summed E-state index contributed by atoms with van der Waals surface area (Å²) in [6.07, 6.45) is 2.53. The number of carbonyl (C=O) groups is 2. The first-order valence-corrected chi connectivity index (χ1v) is 9.71. The Morgan fingerprint density at radius 1 is 1.31 bits per heavy atom. The molecule has 0 spiro atoms. The molecule has 2 fully saturated rings. The van der Waals surface area contributed by atoms with Gasteiger partial charge in [-0.15, -0.1) is 11.3 Å². The van der Waals surface area contributed by atoms with Gasteiger partial charge < -0.3 is 15.0 Å². The molecule has 0 saturated carbocycles. The third-order valence-corrected chi connectivity index (χ3v) is 5.90. The van der Waals surface area contributed by atoms with Gasteiger partial charge in [0.2, 0.25) is 11.8 Å². The molecule has 2 saturated heterocycles. The van der Waals surface area contributed by atoms with Crippen LogP contribution in [0.4, 0.5) is 0 Å². The Labute approximate surface area is 156 Å². The van der Waals surface area contributed by atoms with Crippen molar-refractivity contribution in [1.29, 1.82) is 0 Å². The van der Waals surface area contributed by atoms with E-state index in [1.165, 1.54) is 0 Å². The van der Waals surface area contributed by atoms with Crippen molar-refractivity contribution in [1.82, 2.24) is 15.2 Å². The molecule has 0 bridgehead atoms. The summed E-state index contributed by atoms with van der Waals surface area (Å²) in [5.74, 6) is -0.337. The first-order chi connectivity index (χ1) is 12.7. The van der Waals surface area contributed by atoms with E-state index in [2.05, 4.69) is 10.3 Å². The molecule has 0 unspecified atom stereocenters. The Morgan fingerprint density at radius 3 is 3.00 bits per heavy atom. The number of hydrogen-bond acceptors (Lipinski definition) is 5. The molecule has 7 heteroatoms. The average molecular weight is 371 g/mol. The maximum Gasteiger partial charge on any atom is 0.228 e. The number of nitrogens with one attached hydrogen (secondary N) is 1. The number of hydrogen-bond donors (Lipinski definition) is 1. The van der Waals surface area contributed by atoms with Gasteiger partial charge in [0, 0.05) is 29.9 Å². The highest BCUT2D eigenvalue weighted by Gasteiger charge is 2.50. The molecule has 0 aromatic carbocycles. The quantitative estimate of drug-likeness (QED) is 0.867. The number of nitrogens with zero attached hydrogens (tertiary/aromatic N) is 2. The highest BCUT2D eigenvalue weighted by molar-refractivity contribution is 7.09. The molecule has 2 amide bonds. The summed E-state index contributed by atoms with van der Waals surface area (Å²) in [5, 5.41) is 4.98. The van der Waals surface area contributed by atoms with Gasteiger partial charge in [0.25, 0.3) is 0 Å². The second kappa shape index (κ2) is 7.55. The molecular weight excluding hydrogens is 350 g/mol. The maximum absolute atomic E-state index is 12.8. The van der Waals surface area contributed by atoms with Crippen LogP contribution < -0.4 is 5.32 Å². The van der Waals surface area contributed by atoms with Crippen molar-refractivity contribution >= 4 is 23.2 Å². The molecule has 4 rings (SSSR count). The van der Waals surface area contributed by atoms with Crippen LogP contribution >= 0.6 is 11.3 Å². The lowest BCUT2D eigenvalue weighted by molar-refractivity contribution is -0.131. The van der Waals surface area contributed by atoms with Crippen molar-refractivity contribution < 1.29 is 14.3 Å². The molecule has 0 radical (unpaired) electrons. The highest BCUT2D eigenvalue weighted by atomic mass is 32.1. The number of rotatable bonds is 5. The highest BCUT2D eigenvalue weighted by Crippen LogP contribution is 2.34. The molecule has 2 aliphatic heterocycles. The van der Waals surface area contributed by atoms with E-state index in [9.17, 15) is 9.59 Å². The van der Waals surface area contributed by atoms with Crippen LogP contribution in [0.5, 0.6) is 0 Å². The third kappa shape index (κ3) is 3.50. The number of fused-ring (bicyclic) bond motifs is 1. The van der Waals surface area contributed by atoms with Crippen molar-refractivity contribution in [3.8, 4) is 0 Å². The van der Waals surface area contributed by atoms with Crippen LogP contribution in [0.25, 0.3) is 0 Å². The van der Waals surface area contributed by atoms with E-state index in [-0.39, 0.29) is 36.3 Å². The Morgan fingerprint density at radius 2 is 2.23 bits per heavy atom. The van der Waals surface area contributed by atoms with Gasteiger partial charge in [-0.05, 0) is 30.0 Å². The summed E-state index contributed by atoms with van der Waals surface area (Å²) in [6.45, 7) is 1.53. The van der Waals surface area contributed by atoms with E-state index in [4.69, 9.17) is 4.74 Å². The third-order valence-electron chi connectivity index (χ3n) is 5.03. The van der Waals surface area contributed by atoms with Gasteiger partial charge in [0.05, 0.1) is 31.0 Å². The van der Waals surface area contributed by atoms with E-state index in [1.54, 1.807) is 17.5 Å². The average Bonchev–Trinajstić information content (AvgIpc) is 3.38. The van der Waals surface area contributed by atoms with Crippen LogP contribution in [0.15, 0.2) is 41.9 Å². The number of likely N-dealkylation sites (tertiary alicyclic amines) is 1. The Kier molecular flexibility index (Phi) is 4.99. The Hall–Kier alpha value is -2.25. The lowest BCUT2D eigenvalue weighted by Crippen LogP contribution is -2.38. The van der Waals surface area contributed by atoms with Crippen LogP contribution in [-0.4, -0.2) is 47.0 Å². The molecule has 3 atom stereocenters. The molecule has 2 aromatic heterocycles. The molecule has 1 N–H and O–H groups in total. The standard InChI is InChI=1S/C19H21N3O3S/c23-17(10-13-4-1-2-7-20-13)22-12-15(18-16(22)6-8-25-18)19(24)21-11-14-5-3-9-26-14/h1-5,7,9,15-16,18H,6,8,10-12H2,(H,21,24)/t15-,16+,18+/m1/s1. The van der Waals surface area contributed by atoms with Gasteiger partial charge in [-0.3, -0.25) is 14.6 Å². The predicted octanol–water partition coefficient (Wildman–Crippen LogP) is 1.62. The summed E-state index contributed by atoms with van der Waals surface area (Å²) in [4.78, 5) is 32.6. The predicted molar refractivity (Wildman–Crippen MR) is 97.5 cm³/mol. The van der Waals surface area contributed by atoms with Crippen molar-refractivity contribution in [3.05, 3.63) is 52.5 Å². The van der Waals surface area contributed by atoms with Crippen LogP contribution in [-0.2, 0) is 27.3 Å². The first kappa shape index (κ1) is 17.2. The maximum atomic E-state index is 12.8. The van der Waals surface area contributed by atoms with Crippen LogP contribution in [0.1, 0.15) is 17.0 Å². The van der Waals surface area contributed by atoms with E-state index in [0.717, 1.165) is 17.0 Å². The fraction of sp³-hybridized carbons (Fsp3) is 0.421. The number of ether oxygens (including phenoxy) is 1. The van der Waals surface area contributed by atoms with Gasteiger partial charge in [0.15, 0.2) is 0 Å². The fourth-order valence-corrected chi connectivity index (χ4v) is 4.41.